The molecule has 116 valence electrons. The highest BCUT2D eigenvalue weighted by atomic mass is 16.3. The minimum Gasteiger partial charge on any atom is -0.507 e. The summed E-state index contributed by atoms with van der Waals surface area (Å²) >= 11 is 0. The third kappa shape index (κ3) is 3.23. The second-order valence-electron chi connectivity index (χ2n) is 5.19. The summed E-state index contributed by atoms with van der Waals surface area (Å²) in [5.74, 6) is -0.149. The largest absolute Gasteiger partial charge is 0.507 e. The maximum absolute atomic E-state index is 12.3. The molecule has 3 aromatic rings. The van der Waals surface area contributed by atoms with E-state index in [9.17, 15) is 9.90 Å². The van der Waals surface area contributed by atoms with Crippen LogP contribution in [0.2, 0.25) is 0 Å². The zero-order valence-corrected chi connectivity index (χ0v) is 12.7. The highest BCUT2D eigenvalue weighted by molar-refractivity contribution is 6.03. The Hall–Kier alpha value is -3.08. The van der Waals surface area contributed by atoms with Gasteiger partial charge in [0.25, 0.3) is 5.91 Å². The third-order valence-electron chi connectivity index (χ3n) is 3.62. The van der Waals surface area contributed by atoms with E-state index in [1.807, 2.05) is 24.3 Å². The molecule has 0 aliphatic carbocycles. The van der Waals surface area contributed by atoms with Crippen molar-refractivity contribution >= 4 is 11.6 Å². The van der Waals surface area contributed by atoms with Gasteiger partial charge in [-0.1, -0.05) is 31.2 Å². The summed E-state index contributed by atoms with van der Waals surface area (Å²) < 4.78 is 0. The Kier molecular flexibility index (Phi) is 4.10. The fraction of sp³-hybridized carbons (Fsp3) is 0.111. The van der Waals surface area contributed by atoms with Crippen LogP contribution in [0.25, 0.3) is 11.3 Å². The molecule has 5 nitrogen and oxygen atoms in total. The van der Waals surface area contributed by atoms with Gasteiger partial charge in [-0.15, -0.1) is 0 Å². The van der Waals surface area contributed by atoms with Crippen molar-refractivity contribution in [2.75, 3.05) is 5.32 Å². The summed E-state index contributed by atoms with van der Waals surface area (Å²) in [6, 6.07) is 16.2. The second-order valence-corrected chi connectivity index (χ2v) is 5.19. The molecule has 0 radical (unpaired) electrons. The maximum atomic E-state index is 12.3. The molecule has 0 unspecified atom stereocenters. The van der Waals surface area contributed by atoms with Gasteiger partial charge in [-0.05, 0) is 42.3 Å². The molecule has 23 heavy (non-hydrogen) atoms. The van der Waals surface area contributed by atoms with Crippen LogP contribution in [0, 0.1) is 0 Å². The lowest BCUT2D eigenvalue weighted by Crippen LogP contribution is -2.12. The first-order chi connectivity index (χ1) is 11.2. The van der Waals surface area contributed by atoms with Crippen molar-refractivity contribution in [2.45, 2.75) is 13.3 Å². The van der Waals surface area contributed by atoms with Gasteiger partial charge in [0.05, 0.1) is 5.69 Å². The van der Waals surface area contributed by atoms with Crippen molar-refractivity contribution in [2.24, 2.45) is 0 Å². The Morgan fingerprint density at radius 2 is 1.91 bits per heavy atom. The van der Waals surface area contributed by atoms with E-state index in [2.05, 4.69) is 22.4 Å². The van der Waals surface area contributed by atoms with Crippen LogP contribution in [0.5, 0.6) is 5.75 Å². The number of aromatic amines is 1. The molecule has 0 saturated carbocycles. The molecule has 1 amide bonds. The first-order valence-electron chi connectivity index (χ1n) is 7.41. The summed E-state index contributed by atoms with van der Waals surface area (Å²) in [4.78, 5) is 12.3. The number of rotatable bonds is 4. The van der Waals surface area contributed by atoms with Crippen molar-refractivity contribution in [3.63, 3.8) is 0 Å². The third-order valence-corrected chi connectivity index (χ3v) is 3.62. The Morgan fingerprint density at radius 3 is 2.61 bits per heavy atom. The molecule has 0 atom stereocenters. The van der Waals surface area contributed by atoms with E-state index < -0.39 is 0 Å². The molecule has 0 aliphatic rings. The van der Waals surface area contributed by atoms with Crippen LogP contribution < -0.4 is 5.32 Å². The average molecular weight is 307 g/mol. The number of nitrogens with one attached hydrogen (secondary N) is 2. The van der Waals surface area contributed by atoms with Crippen LogP contribution in [0.3, 0.4) is 0 Å². The normalized spacial score (nSPS) is 10.5. The van der Waals surface area contributed by atoms with Crippen LogP contribution in [0.15, 0.2) is 54.6 Å². The number of hydrogen-bond donors (Lipinski definition) is 3. The van der Waals surface area contributed by atoms with Crippen molar-refractivity contribution in [1.29, 1.82) is 0 Å². The van der Waals surface area contributed by atoms with Gasteiger partial charge in [-0.25, -0.2) is 0 Å². The van der Waals surface area contributed by atoms with Crippen LogP contribution >= 0.6 is 0 Å². The SMILES string of the molecule is CCc1ccc(NC(=O)c2cc(-c3ccccc3O)n[nH]2)cc1. The molecular formula is C18H17N3O2. The average Bonchev–Trinajstić information content (AvgIpc) is 3.06. The molecule has 0 fully saturated rings. The van der Waals surface area contributed by atoms with Crippen LogP contribution in [-0.4, -0.2) is 21.2 Å². The smallest absolute Gasteiger partial charge is 0.273 e. The maximum Gasteiger partial charge on any atom is 0.273 e. The molecule has 0 aliphatic heterocycles. The fourth-order valence-corrected chi connectivity index (χ4v) is 2.29. The number of hydrogen-bond acceptors (Lipinski definition) is 3. The predicted octanol–water partition coefficient (Wildman–Crippen LogP) is 3.60. The van der Waals surface area contributed by atoms with Gasteiger partial charge in [0.1, 0.15) is 11.4 Å². The van der Waals surface area contributed by atoms with E-state index >= 15 is 0 Å². The van der Waals surface area contributed by atoms with Crippen molar-refractivity contribution in [3.05, 3.63) is 65.9 Å². The zero-order valence-electron chi connectivity index (χ0n) is 12.7. The monoisotopic (exact) mass is 307 g/mol. The number of aromatic nitrogens is 2. The Bertz CT molecular complexity index is 822. The van der Waals surface area contributed by atoms with Crippen LogP contribution in [0.4, 0.5) is 5.69 Å². The van der Waals surface area contributed by atoms with Gasteiger partial charge in [-0.3, -0.25) is 9.89 Å². The molecule has 0 bridgehead atoms. The van der Waals surface area contributed by atoms with Crippen molar-refractivity contribution in [3.8, 4) is 17.0 Å². The molecule has 5 heteroatoms. The summed E-state index contributed by atoms with van der Waals surface area (Å²) in [6.45, 7) is 2.08. The highest BCUT2D eigenvalue weighted by Gasteiger charge is 2.13. The number of amides is 1. The zero-order chi connectivity index (χ0) is 16.2. The number of H-pyrrole nitrogens is 1. The fourth-order valence-electron chi connectivity index (χ4n) is 2.29. The topological polar surface area (TPSA) is 78.0 Å². The molecule has 1 aromatic heterocycles. The van der Waals surface area contributed by atoms with E-state index in [0.29, 0.717) is 17.0 Å². The van der Waals surface area contributed by atoms with Gasteiger partial charge >= 0.3 is 0 Å². The van der Waals surface area contributed by atoms with Crippen molar-refractivity contribution < 1.29 is 9.90 Å². The van der Waals surface area contributed by atoms with E-state index in [4.69, 9.17) is 0 Å². The quantitative estimate of drug-likeness (QED) is 0.689. The van der Waals surface area contributed by atoms with Crippen LogP contribution in [0.1, 0.15) is 23.0 Å². The number of aryl methyl sites for hydroxylation is 1. The number of aromatic hydroxyl groups is 1. The number of benzene rings is 2. The Morgan fingerprint density at radius 1 is 1.17 bits per heavy atom. The molecule has 0 spiro atoms. The van der Waals surface area contributed by atoms with E-state index in [0.717, 1.165) is 12.1 Å². The Labute approximate surface area is 134 Å². The van der Waals surface area contributed by atoms with E-state index in [-0.39, 0.29) is 11.7 Å². The summed E-state index contributed by atoms with van der Waals surface area (Å²) in [5, 5.41) is 19.5. The van der Waals surface area contributed by atoms with Gasteiger partial charge in [0, 0.05) is 11.3 Å². The number of carbonyl (C=O) groups excluding carboxylic acids is 1. The summed E-state index contributed by atoms with van der Waals surface area (Å²) in [7, 11) is 0. The lowest BCUT2D eigenvalue weighted by molar-refractivity contribution is 0.102. The van der Waals surface area contributed by atoms with Gasteiger partial charge < -0.3 is 10.4 Å². The van der Waals surface area contributed by atoms with Gasteiger partial charge in [-0.2, -0.15) is 5.10 Å². The number of para-hydroxylation sites is 1. The molecular weight excluding hydrogens is 290 g/mol. The van der Waals surface area contributed by atoms with Crippen LogP contribution in [-0.2, 0) is 6.42 Å². The molecule has 3 N–H and O–H groups in total. The standard InChI is InChI=1S/C18H17N3O2/c1-2-12-7-9-13(10-8-12)19-18(23)16-11-15(20-21-16)14-5-3-4-6-17(14)22/h3-11,22H,2H2,1H3,(H,19,23)(H,20,21). The number of phenolic OH excluding ortho intramolecular Hbond substituents is 1. The predicted molar refractivity (Wildman–Crippen MR) is 89.5 cm³/mol. The number of nitrogens with zero attached hydrogens (tertiary/aromatic N) is 1. The molecule has 3 rings (SSSR count). The van der Waals surface area contributed by atoms with E-state index in [1.165, 1.54) is 5.56 Å². The summed E-state index contributed by atoms with van der Waals surface area (Å²) in [5.41, 5.74) is 3.38. The minimum absolute atomic E-state index is 0.126. The second kappa shape index (κ2) is 6.36. The molecule has 0 saturated heterocycles. The lowest BCUT2D eigenvalue weighted by atomic mass is 10.1. The molecule has 2 aromatic carbocycles. The lowest BCUT2D eigenvalue weighted by Gasteiger charge is -2.04. The number of anilines is 1. The summed E-state index contributed by atoms with van der Waals surface area (Å²) in [6.07, 6.45) is 0.957. The number of phenols is 1. The first kappa shape index (κ1) is 14.8. The minimum atomic E-state index is -0.275. The number of carbonyl (C=O) groups is 1. The Balaban J connectivity index is 1.77. The van der Waals surface area contributed by atoms with E-state index in [1.54, 1.807) is 30.3 Å². The van der Waals surface area contributed by atoms with Crippen molar-refractivity contribution in [1.82, 2.24) is 10.2 Å². The molecule has 1 heterocycles. The highest BCUT2D eigenvalue weighted by Crippen LogP contribution is 2.27. The first-order valence-corrected chi connectivity index (χ1v) is 7.41. The van der Waals surface area contributed by atoms with Gasteiger partial charge in [0.15, 0.2) is 0 Å². The van der Waals surface area contributed by atoms with Gasteiger partial charge in [0.2, 0.25) is 0 Å².